The minimum Gasteiger partial charge on any atom is -0.333 e. The van der Waals surface area contributed by atoms with Crippen LogP contribution in [0.1, 0.15) is 19.5 Å². The molecule has 0 aliphatic heterocycles. The molecule has 0 unspecified atom stereocenters. The van der Waals surface area contributed by atoms with Crippen molar-refractivity contribution in [2.75, 3.05) is 5.32 Å². The molecule has 0 aliphatic carbocycles. The van der Waals surface area contributed by atoms with Crippen molar-refractivity contribution in [2.24, 2.45) is 13.0 Å². The van der Waals surface area contributed by atoms with Crippen molar-refractivity contribution >= 4 is 32.4 Å². The quantitative estimate of drug-likeness (QED) is 0.596. The molecule has 1 amide bonds. The number of nitrogens with zero attached hydrogens (tertiary/aromatic N) is 3. The zero-order valence-corrected chi connectivity index (χ0v) is 18.2. The van der Waals surface area contributed by atoms with Crippen LogP contribution in [0.15, 0.2) is 47.6 Å². The second-order valence-corrected chi connectivity index (χ2v) is 9.65. The standard InChI is InChI=1S/C19H23N5O3S2/c1-12(2)15(23-29(26,27)14-8-6-5-7-9-14)18(25)22-19-21-13(3)16(28-19)17-20-10-11-24(17)4/h5-12,15,23H,1-4H3,(H,21,22,25)/t15-/m0/s1. The van der Waals surface area contributed by atoms with Gasteiger partial charge in [-0.25, -0.2) is 18.4 Å². The van der Waals surface area contributed by atoms with Gasteiger partial charge in [0.15, 0.2) is 11.0 Å². The molecule has 0 radical (unpaired) electrons. The van der Waals surface area contributed by atoms with Crippen molar-refractivity contribution in [2.45, 2.75) is 31.7 Å². The van der Waals surface area contributed by atoms with Gasteiger partial charge in [0.2, 0.25) is 15.9 Å². The Kier molecular flexibility index (Phi) is 6.15. The largest absolute Gasteiger partial charge is 0.333 e. The predicted octanol–water partition coefficient (Wildman–Crippen LogP) is 2.79. The van der Waals surface area contributed by atoms with Gasteiger partial charge < -0.3 is 9.88 Å². The smallest absolute Gasteiger partial charge is 0.244 e. The summed E-state index contributed by atoms with van der Waals surface area (Å²) in [7, 11) is -1.95. The molecular weight excluding hydrogens is 410 g/mol. The molecule has 8 nitrogen and oxygen atoms in total. The highest BCUT2D eigenvalue weighted by molar-refractivity contribution is 7.89. The summed E-state index contributed by atoms with van der Waals surface area (Å²) < 4.78 is 29.7. The van der Waals surface area contributed by atoms with Crippen LogP contribution >= 0.6 is 11.3 Å². The van der Waals surface area contributed by atoms with E-state index in [1.165, 1.54) is 23.5 Å². The number of imidazole rings is 1. The van der Waals surface area contributed by atoms with Crippen LogP contribution in [-0.4, -0.2) is 34.9 Å². The average Bonchev–Trinajstić information content (AvgIpc) is 3.25. The molecule has 0 bridgehead atoms. The Morgan fingerprint density at radius 2 is 1.90 bits per heavy atom. The number of hydrogen-bond donors (Lipinski definition) is 2. The first kappa shape index (κ1) is 21.2. The molecule has 0 saturated heterocycles. The van der Waals surface area contributed by atoms with Gasteiger partial charge in [-0.3, -0.25) is 4.79 Å². The molecule has 0 aliphatic rings. The number of sulfonamides is 1. The highest BCUT2D eigenvalue weighted by Gasteiger charge is 2.29. The number of hydrogen-bond acceptors (Lipinski definition) is 6. The van der Waals surface area contributed by atoms with Gasteiger partial charge >= 0.3 is 0 Å². The molecule has 3 rings (SSSR count). The third-order valence-electron chi connectivity index (χ3n) is 4.34. The van der Waals surface area contributed by atoms with Crippen molar-refractivity contribution in [3.8, 4) is 10.7 Å². The molecule has 1 atom stereocenters. The summed E-state index contributed by atoms with van der Waals surface area (Å²) in [6.07, 6.45) is 3.53. The van der Waals surface area contributed by atoms with Gasteiger partial charge in [-0.05, 0) is 25.0 Å². The third-order valence-corrected chi connectivity index (χ3v) is 6.86. The second-order valence-electron chi connectivity index (χ2n) is 6.94. The molecule has 1 aromatic carbocycles. The van der Waals surface area contributed by atoms with Crippen LogP contribution in [0.2, 0.25) is 0 Å². The first-order chi connectivity index (χ1) is 13.7. The van der Waals surface area contributed by atoms with Crippen LogP contribution < -0.4 is 10.0 Å². The van der Waals surface area contributed by atoms with E-state index in [1.54, 1.807) is 38.2 Å². The fraction of sp³-hybridized carbons (Fsp3) is 0.316. The lowest BCUT2D eigenvalue weighted by Crippen LogP contribution is -2.47. The van der Waals surface area contributed by atoms with Gasteiger partial charge in [0.1, 0.15) is 6.04 Å². The number of amides is 1. The van der Waals surface area contributed by atoms with Gasteiger partial charge in [0, 0.05) is 19.4 Å². The number of aromatic nitrogens is 3. The first-order valence-corrected chi connectivity index (χ1v) is 11.3. The number of anilines is 1. The van der Waals surface area contributed by atoms with Crippen molar-refractivity contribution in [3.63, 3.8) is 0 Å². The maximum atomic E-state index is 12.8. The molecular formula is C19H23N5O3S2. The molecule has 0 saturated carbocycles. The summed E-state index contributed by atoms with van der Waals surface area (Å²) in [5.41, 5.74) is 0.741. The monoisotopic (exact) mass is 433 g/mol. The van der Waals surface area contributed by atoms with E-state index < -0.39 is 22.0 Å². The highest BCUT2D eigenvalue weighted by atomic mass is 32.2. The van der Waals surface area contributed by atoms with E-state index in [0.29, 0.717) is 5.13 Å². The Morgan fingerprint density at radius 3 is 2.48 bits per heavy atom. The van der Waals surface area contributed by atoms with Crippen molar-refractivity contribution in [3.05, 3.63) is 48.4 Å². The number of benzene rings is 1. The predicted molar refractivity (Wildman–Crippen MR) is 113 cm³/mol. The number of thiazole rings is 1. The van der Waals surface area contributed by atoms with Crippen LogP contribution in [0.5, 0.6) is 0 Å². The topological polar surface area (TPSA) is 106 Å². The summed E-state index contributed by atoms with van der Waals surface area (Å²) in [6.45, 7) is 5.41. The summed E-state index contributed by atoms with van der Waals surface area (Å²) in [6, 6.07) is 7.03. The van der Waals surface area contributed by atoms with E-state index in [-0.39, 0.29) is 10.8 Å². The maximum absolute atomic E-state index is 12.8. The number of aryl methyl sites for hydroxylation is 2. The van der Waals surface area contributed by atoms with E-state index >= 15 is 0 Å². The van der Waals surface area contributed by atoms with E-state index in [4.69, 9.17) is 0 Å². The number of rotatable bonds is 7. The van der Waals surface area contributed by atoms with Crippen LogP contribution in [0.25, 0.3) is 10.7 Å². The Bertz CT molecular complexity index is 1100. The molecule has 0 spiro atoms. The van der Waals surface area contributed by atoms with Crippen LogP contribution in [-0.2, 0) is 21.9 Å². The Labute approximate surface area is 174 Å². The summed E-state index contributed by atoms with van der Waals surface area (Å²) >= 11 is 1.30. The van der Waals surface area contributed by atoms with E-state index in [9.17, 15) is 13.2 Å². The first-order valence-electron chi connectivity index (χ1n) is 9.02. The van der Waals surface area contributed by atoms with Gasteiger partial charge in [-0.2, -0.15) is 4.72 Å². The fourth-order valence-corrected chi connectivity index (χ4v) is 5.13. The second kappa shape index (κ2) is 8.44. The number of carbonyl (C=O) groups excluding carboxylic acids is 1. The molecule has 2 heterocycles. The van der Waals surface area contributed by atoms with E-state index in [1.807, 2.05) is 24.7 Å². The Hall–Kier alpha value is -2.56. The van der Waals surface area contributed by atoms with Crippen LogP contribution in [0.3, 0.4) is 0 Å². The van der Waals surface area contributed by atoms with Crippen molar-refractivity contribution < 1.29 is 13.2 Å². The third kappa shape index (κ3) is 4.72. The lowest BCUT2D eigenvalue weighted by atomic mass is 10.1. The van der Waals surface area contributed by atoms with Crippen LogP contribution in [0.4, 0.5) is 5.13 Å². The molecule has 10 heteroatoms. The zero-order valence-electron chi connectivity index (χ0n) is 16.6. The minimum absolute atomic E-state index is 0.112. The Balaban J connectivity index is 1.80. The number of nitrogens with one attached hydrogen (secondary N) is 2. The lowest BCUT2D eigenvalue weighted by Gasteiger charge is -2.21. The van der Waals surface area contributed by atoms with Gasteiger partial charge in [0.05, 0.1) is 15.5 Å². The normalized spacial score (nSPS) is 12.9. The van der Waals surface area contributed by atoms with Crippen molar-refractivity contribution in [1.29, 1.82) is 0 Å². The summed E-state index contributed by atoms with van der Waals surface area (Å²) in [4.78, 5) is 22.5. The lowest BCUT2D eigenvalue weighted by molar-refractivity contribution is -0.118. The molecule has 29 heavy (non-hydrogen) atoms. The van der Waals surface area contributed by atoms with E-state index in [0.717, 1.165) is 16.4 Å². The SMILES string of the molecule is Cc1nc(NC(=O)[C@@H](NS(=O)(=O)c2ccccc2)C(C)C)sc1-c1nccn1C. The van der Waals surface area contributed by atoms with E-state index in [2.05, 4.69) is 20.0 Å². The van der Waals surface area contributed by atoms with Gasteiger partial charge in [-0.15, -0.1) is 0 Å². The van der Waals surface area contributed by atoms with Crippen LogP contribution in [0, 0.1) is 12.8 Å². The van der Waals surface area contributed by atoms with Gasteiger partial charge in [0.25, 0.3) is 0 Å². The number of carbonyl (C=O) groups is 1. The maximum Gasteiger partial charge on any atom is 0.244 e. The Morgan fingerprint density at radius 1 is 1.21 bits per heavy atom. The fourth-order valence-electron chi connectivity index (χ4n) is 2.75. The average molecular weight is 434 g/mol. The van der Waals surface area contributed by atoms with Crippen molar-refractivity contribution in [1.82, 2.24) is 19.3 Å². The molecule has 3 aromatic rings. The molecule has 2 aromatic heterocycles. The molecule has 0 fully saturated rings. The molecule has 2 N–H and O–H groups in total. The highest BCUT2D eigenvalue weighted by Crippen LogP contribution is 2.31. The minimum atomic E-state index is -3.83. The zero-order chi connectivity index (χ0) is 21.2. The molecule has 154 valence electrons. The van der Waals surface area contributed by atoms with Gasteiger partial charge in [-0.1, -0.05) is 43.4 Å². The summed E-state index contributed by atoms with van der Waals surface area (Å²) in [5.74, 6) is 0.0360. The summed E-state index contributed by atoms with van der Waals surface area (Å²) in [5, 5.41) is 3.14.